The molecule has 0 amide bonds. The normalized spacial score (nSPS) is 21.6. The van der Waals surface area contributed by atoms with Gasteiger partial charge in [-0.3, -0.25) is 4.79 Å². The van der Waals surface area contributed by atoms with E-state index in [1.165, 1.54) is 6.42 Å². The Balaban J connectivity index is 2.29. The quantitative estimate of drug-likeness (QED) is 0.711. The van der Waals surface area contributed by atoms with Crippen molar-refractivity contribution < 1.29 is 9.90 Å². The highest BCUT2D eigenvalue weighted by atomic mass is 16.4. The zero-order valence-corrected chi connectivity index (χ0v) is 11.3. The van der Waals surface area contributed by atoms with Crippen LogP contribution < -0.4 is 5.32 Å². The topological polar surface area (TPSA) is 52.6 Å². The minimum atomic E-state index is -0.725. The molecule has 2 N–H and O–H groups in total. The van der Waals surface area contributed by atoms with Crippen LogP contribution in [0.5, 0.6) is 0 Å². The largest absolute Gasteiger partial charge is 0.480 e. The standard InChI is InChI=1S/C13H26N2O2/c1-4-7-14-11(12(16)17)5-8-15-9-6-13(2,3)10-15/h11,14H,4-10H2,1-3H3,(H,16,17). The molecule has 1 aliphatic heterocycles. The molecule has 1 rings (SSSR count). The number of hydrogen-bond donors (Lipinski definition) is 2. The number of aliphatic carboxylic acids is 1. The van der Waals surface area contributed by atoms with Crippen LogP contribution >= 0.6 is 0 Å². The molecular formula is C13H26N2O2. The summed E-state index contributed by atoms with van der Waals surface area (Å²) in [5.41, 5.74) is 0.398. The van der Waals surface area contributed by atoms with Gasteiger partial charge >= 0.3 is 5.97 Å². The van der Waals surface area contributed by atoms with Gasteiger partial charge in [-0.15, -0.1) is 0 Å². The molecule has 4 heteroatoms. The van der Waals surface area contributed by atoms with Crippen LogP contribution in [0.2, 0.25) is 0 Å². The molecular weight excluding hydrogens is 216 g/mol. The van der Waals surface area contributed by atoms with E-state index in [-0.39, 0.29) is 0 Å². The van der Waals surface area contributed by atoms with Gasteiger partial charge in [0.2, 0.25) is 0 Å². The second kappa shape index (κ2) is 6.36. The lowest BCUT2D eigenvalue weighted by Crippen LogP contribution is -2.40. The van der Waals surface area contributed by atoms with Crippen molar-refractivity contribution in [2.45, 2.75) is 46.1 Å². The van der Waals surface area contributed by atoms with Crippen molar-refractivity contribution in [3.05, 3.63) is 0 Å². The zero-order chi connectivity index (χ0) is 12.9. The van der Waals surface area contributed by atoms with Gasteiger partial charge in [0.25, 0.3) is 0 Å². The number of carboxylic acids is 1. The van der Waals surface area contributed by atoms with Crippen LogP contribution in [0, 0.1) is 5.41 Å². The van der Waals surface area contributed by atoms with Crippen LogP contribution in [0.3, 0.4) is 0 Å². The van der Waals surface area contributed by atoms with Crippen molar-refractivity contribution >= 4 is 5.97 Å². The van der Waals surface area contributed by atoms with Gasteiger partial charge in [0.15, 0.2) is 0 Å². The maximum absolute atomic E-state index is 11.1. The second-order valence-electron chi connectivity index (χ2n) is 5.82. The number of nitrogens with one attached hydrogen (secondary N) is 1. The second-order valence-corrected chi connectivity index (χ2v) is 5.82. The van der Waals surface area contributed by atoms with E-state index in [0.29, 0.717) is 11.8 Å². The molecule has 0 aromatic heterocycles. The molecule has 0 aromatic carbocycles. The van der Waals surface area contributed by atoms with E-state index in [0.717, 1.165) is 32.6 Å². The summed E-state index contributed by atoms with van der Waals surface area (Å²) in [6.07, 6.45) is 2.89. The molecule has 0 aromatic rings. The first-order valence-electron chi connectivity index (χ1n) is 6.63. The summed E-state index contributed by atoms with van der Waals surface area (Å²) in [4.78, 5) is 13.4. The van der Waals surface area contributed by atoms with Gasteiger partial charge in [0, 0.05) is 13.1 Å². The summed E-state index contributed by atoms with van der Waals surface area (Å²) < 4.78 is 0. The maximum Gasteiger partial charge on any atom is 0.320 e. The fourth-order valence-electron chi connectivity index (χ4n) is 2.36. The van der Waals surface area contributed by atoms with E-state index in [1.54, 1.807) is 0 Å². The zero-order valence-electron chi connectivity index (χ0n) is 11.3. The highest BCUT2D eigenvalue weighted by molar-refractivity contribution is 5.73. The van der Waals surface area contributed by atoms with Crippen LogP contribution in [0.15, 0.2) is 0 Å². The number of carbonyl (C=O) groups is 1. The minimum absolute atomic E-state index is 0.390. The van der Waals surface area contributed by atoms with Crippen molar-refractivity contribution in [1.82, 2.24) is 10.2 Å². The van der Waals surface area contributed by atoms with Gasteiger partial charge < -0.3 is 15.3 Å². The Morgan fingerprint density at radius 2 is 2.24 bits per heavy atom. The summed E-state index contributed by atoms with van der Waals surface area (Å²) in [5.74, 6) is -0.725. The summed E-state index contributed by atoms with van der Waals surface area (Å²) in [6, 6.07) is -0.390. The van der Waals surface area contributed by atoms with E-state index < -0.39 is 12.0 Å². The minimum Gasteiger partial charge on any atom is -0.480 e. The molecule has 0 saturated carbocycles. The van der Waals surface area contributed by atoms with Gasteiger partial charge in [0.1, 0.15) is 6.04 Å². The summed E-state index contributed by atoms with van der Waals surface area (Å²) in [6.45, 7) is 10.5. The monoisotopic (exact) mass is 242 g/mol. The summed E-state index contributed by atoms with van der Waals surface area (Å²) >= 11 is 0. The van der Waals surface area contributed by atoms with Gasteiger partial charge in [0.05, 0.1) is 0 Å². The van der Waals surface area contributed by atoms with Crippen LogP contribution in [-0.2, 0) is 4.79 Å². The average molecular weight is 242 g/mol. The number of carboxylic acid groups (broad SMARTS) is 1. The lowest BCUT2D eigenvalue weighted by molar-refractivity contribution is -0.139. The van der Waals surface area contributed by atoms with Gasteiger partial charge in [-0.2, -0.15) is 0 Å². The number of rotatable bonds is 7. The maximum atomic E-state index is 11.1. The van der Waals surface area contributed by atoms with Crippen LogP contribution in [0.1, 0.15) is 40.0 Å². The van der Waals surface area contributed by atoms with E-state index in [2.05, 4.69) is 31.0 Å². The Morgan fingerprint density at radius 3 is 2.71 bits per heavy atom. The number of likely N-dealkylation sites (tertiary alicyclic amines) is 1. The summed E-state index contributed by atoms with van der Waals surface area (Å²) in [5, 5.41) is 12.2. The molecule has 0 radical (unpaired) electrons. The Bertz CT molecular complexity index is 254. The van der Waals surface area contributed by atoms with E-state index in [9.17, 15) is 4.79 Å². The molecule has 100 valence electrons. The van der Waals surface area contributed by atoms with Crippen LogP contribution in [-0.4, -0.2) is 48.2 Å². The molecule has 0 spiro atoms. The lowest BCUT2D eigenvalue weighted by atomic mass is 9.93. The predicted molar refractivity (Wildman–Crippen MR) is 69.2 cm³/mol. The third-order valence-corrected chi connectivity index (χ3v) is 3.43. The number of hydrogen-bond acceptors (Lipinski definition) is 3. The molecule has 17 heavy (non-hydrogen) atoms. The van der Waals surface area contributed by atoms with Gasteiger partial charge in [-0.25, -0.2) is 0 Å². The molecule has 0 aliphatic carbocycles. The Kier molecular flexibility index (Phi) is 5.40. The molecule has 1 heterocycles. The van der Waals surface area contributed by atoms with E-state index >= 15 is 0 Å². The van der Waals surface area contributed by atoms with Crippen LogP contribution in [0.25, 0.3) is 0 Å². The molecule has 1 aliphatic rings. The first-order chi connectivity index (χ1) is 7.94. The predicted octanol–water partition coefficient (Wildman–Crippen LogP) is 1.56. The van der Waals surface area contributed by atoms with Crippen molar-refractivity contribution in [3.63, 3.8) is 0 Å². The molecule has 1 atom stereocenters. The highest BCUT2D eigenvalue weighted by Gasteiger charge is 2.29. The smallest absolute Gasteiger partial charge is 0.320 e. The Hall–Kier alpha value is -0.610. The molecule has 1 fully saturated rings. The van der Waals surface area contributed by atoms with Crippen LogP contribution in [0.4, 0.5) is 0 Å². The lowest BCUT2D eigenvalue weighted by Gasteiger charge is -2.21. The number of nitrogens with zero attached hydrogens (tertiary/aromatic N) is 1. The molecule has 0 bridgehead atoms. The first-order valence-corrected chi connectivity index (χ1v) is 6.63. The fraction of sp³-hybridized carbons (Fsp3) is 0.923. The van der Waals surface area contributed by atoms with Crippen molar-refractivity contribution in [2.24, 2.45) is 5.41 Å². The SMILES string of the molecule is CCCNC(CCN1CCC(C)(C)C1)C(=O)O. The highest BCUT2D eigenvalue weighted by Crippen LogP contribution is 2.28. The van der Waals surface area contributed by atoms with Crippen molar-refractivity contribution in [2.75, 3.05) is 26.2 Å². The third kappa shape index (κ3) is 5.04. The fourth-order valence-corrected chi connectivity index (χ4v) is 2.36. The van der Waals surface area contributed by atoms with E-state index in [4.69, 9.17) is 5.11 Å². The first kappa shape index (κ1) is 14.5. The van der Waals surface area contributed by atoms with E-state index in [1.807, 2.05) is 0 Å². The molecule has 1 unspecified atom stereocenters. The Morgan fingerprint density at radius 1 is 1.53 bits per heavy atom. The van der Waals surface area contributed by atoms with Crippen molar-refractivity contribution in [3.8, 4) is 0 Å². The average Bonchev–Trinajstić information content (AvgIpc) is 2.58. The summed E-state index contributed by atoms with van der Waals surface area (Å²) in [7, 11) is 0. The third-order valence-electron chi connectivity index (χ3n) is 3.43. The van der Waals surface area contributed by atoms with Gasteiger partial charge in [-0.05, 0) is 37.8 Å². The Labute approximate surface area is 104 Å². The van der Waals surface area contributed by atoms with Gasteiger partial charge in [-0.1, -0.05) is 20.8 Å². The molecule has 1 saturated heterocycles. The van der Waals surface area contributed by atoms with Crippen molar-refractivity contribution in [1.29, 1.82) is 0 Å². The molecule has 4 nitrogen and oxygen atoms in total.